The van der Waals surface area contributed by atoms with Crippen LogP contribution in [0.2, 0.25) is 0 Å². The van der Waals surface area contributed by atoms with Crippen molar-refractivity contribution in [2.75, 3.05) is 18.6 Å². The van der Waals surface area contributed by atoms with Crippen molar-refractivity contribution < 1.29 is 29.1 Å². The van der Waals surface area contributed by atoms with Crippen molar-refractivity contribution in [3.05, 3.63) is 0 Å². The van der Waals surface area contributed by atoms with Gasteiger partial charge in [0.05, 0.1) is 19.0 Å². The van der Waals surface area contributed by atoms with Gasteiger partial charge < -0.3 is 32.5 Å². The molecule has 0 heterocycles. The fraction of sp³-hybridized carbons (Fsp3) is 0.706. The summed E-state index contributed by atoms with van der Waals surface area (Å²) < 4.78 is 0. The molecule has 0 aliphatic carbocycles. The number of amides is 4. The van der Waals surface area contributed by atoms with Crippen LogP contribution in [-0.4, -0.2) is 71.4 Å². The van der Waals surface area contributed by atoms with E-state index in [0.717, 1.165) is 0 Å². The van der Waals surface area contributed by atoms with Gasteiger partial charge in [0.1, 0.15) is 12.1 Å². The predicted octanol–water partition coefficient (Wildman–Crippen LogP) is -1.84. The molecule has 166 valence electrons. The minimum Gasteiger partial charge on any atom is -0.480 e. The summed E-state index contributed by atoms with van der Waals surface area (Å²) in [6.45, 7) is 3.09. The van der Waals surface area contributed by atoms with Gasteiger partial charge in [-0.25, -0.2) is 4.79 Å². The predicted molar refractivity (Wildman–Crippen MR) is 109 cm³/mol. The Morgan fingerprint density at radius 3 is 2.21 bits per heavy atom. The zero-order valence-electron chi connectivity index (χ0n) is 16.9. The standard InChI is InChI=1S/C17H31N5O6S/c1-4-9(2)14(22-15(25)10(18)5-6-29-3)16(26)20-8-13(24)21-11(17(27)28)7-12(19)23/h9-11,14H,4-8,18H2,1-3H3,(H2,19,23)(H,20,26)(H,21,24)(H,22,25)(H,27,28). The highest BCUT2D eigenvalue weighted by Crippen LogP contribution is 2.09. The van der Waals surface area contributed by atoms with Gasteiger partial charge in [0.2, 0.25) is 23.6 Å². The molecule has 0 fully saturated rings. The van der Waals surface area contributed by atoms with E-state index in [0.29, 0.717) is 18.6 Å². The number of rotatable bonds is 14. The van der Waals surface area contributed by atoms with Gasteiger partial charge in [0.15, 0.2) is 0 Å². The Bertz CT molecular complexity index is 603. The van der Waals surface area contributed by atoms with E-state index in [2.05, 4.69) is 16.0 Å². The number of nitrogens with two attached hydrogens (primary N) is 2. The first kappa shape index (κ1) is 26.7. The molecule has 0 aromatic carbocycles. The Labute approximate surface area is 174 Å². The van der Waals surface area contributed by atoms with Crippen molar-refractivity contribution >= 4 is 41.4 Å². The van der Waals surface area contributed by atoms with E-state index in [4.69, 9.17) is 16.6 Å². The lowest BCUT2D eigenvalue weighted by Gasteiger charge is -2.25. The minimum atomic E-state index is -1.49. The van der Waals surface area contributed by atoms with Crippen molar-refractivity contribution in [3.8, 4) is 0 Å². The summed E-state index contributed by atoms with van der Waals surface area (Å²) in [5.74, 6) is -3.70. The van der Waals surface area contributed by atoms with Crippen LogP contribution in [-0.2, 0) is 24.0 Å². The van der Waals surface area contributed by atoms with Gasteiger partial charge >= 0.3 is 5.97 Å². The summed E-state index contributed by atoms with van der Waals surface area (Å²) >= 11 is 1.55. The molecule has 0 bridgehead atoms. The summed E-state index contributed by atoms with van der Waals surface area (Å²) in [5.41, 5.74) is 10.8. The second kappa shape index (κ2) is 13.8. The zero-order chi connectivity index (χ0) is 22.6. The van der Waals surface area contributed by atoms with Crippen LogP contribution < -0.4 is 27.4 Å². The van der Waals surface area contributed by atoms with Crippen molar-refractivity contribution in [1.82, 2.24) is 16.0 Å². The molecule has 8 N–H and O–H groups in total. The summed E-state index contributed by atoms with van der Waals surface area (Å²) in [6, 6.07) is -3.15. The molecule has 0 rings (SSSR count). The van der Waals surface area contributed by atoms with Gasteiger partial charge in [0.25, 0.3) is 0 Å². The number of primary amides is 1. The maximum absolute atomic E-state index is 12.5. The summed E-state index contributed by atoms with van der Waals surface area (Å²) in [4.78, 5) is 58.5. The summed E-state index contributed by atoms with van der Waals surface area (Å²) in [6.07, 6.45) is 2.36. The van der Waals surface area contributed by atoms with Crippen LogP contribution in [0.25, 0.3) is 0 Å². The number of aliphatic carboxylic acids is 1. The number of hydrogen-bond acceptors (Lipinski definition) is 7. The first-order chi connectivity index (χ1) is 13.5. The molecule has 0 spiro atoms. The van der Waals surface area contributed by atoms with Crippen molar-refractivity contribution in [2.45, 2.75) is 51.2 Å². The molecule has 0 aromatic rings. The van der Waals surface area contributed by atoms with Gasteiger partial charge in [-0.2, -0.15) is 11.8 Å². The lowest BCUT2D eigenvalue weighted by atomic mass is 9.97. The lowest BCUT2D eigenvalue weighted by molar-refractivity contribution is -0.143. The fourth-order valence-electron chi connectivity index (χ4n) is 2.26. The van der Waals surface area contributed by atoms with Crippen LogP contribution >= 0.6 is 11.8 Å². The number of thioether (sulfide) groups is 1. The Morgan fingerprint density at radius 1 is 1.10 bits per heavy atom. The molecule has 0 aliphatic rings. The van der Waals surface area contributed by atoms with Crippen LogP contribution in [0.15, 0.2) is 0 Å². The van der Waals surface area contributed by atoms with E-state index in [-0.39, 0.29) is 5.92 Å². The third kappa shape index (κ3) is 10.7. The number of carbonyl (C=O) groups excluding carboxylic acids is 4. The van der Waals surface area contributed by atoms with E-state index < -0.39 is 60.7 Å². The van der Waals surface area contributed by atoms with Crippen molar-refractivity contribution in [2.24, 2.45) is 17.4 Å². The quantitative estimate of drug-likeness (QED) is 0.184. The smallest absolute Gasteiger partial charge is 0.326 e. The van der Waals surface area contributed by atoms with Gasteiger partial charge in [0, 0.05) is 0 Å². The molecule has 11 nitrogen and oxygen atoms in total. The van der Waals surface area contributed by atoms with Gasteiger partial charge in [-0.05, 0) is 24.3 Å². The minimum absolute atomic E-state index is 0.226. The van der Waals surface area contributed by atoms with Crippen LogP contribution in [0.4, 0.5) is 0 Å². The average molecular weight is 434 g/mol. The van der Waals surface area contributed by atoms with E-state index >= 15 is 0 Å². The van der Waals surface area contributed by atoms with Crippen molar-refractivity contribution in [1.29, 1.82) is 0 Å². The van der Waals surface area contributed by atoms with E-state index in [9.17, 15) is 24.0 Å². The molecule has 4 amide bonds. The van der Waals surface area contributed by atoms with Gasteiger partial charge in [-0.15, -0.1) is 0 Å². The Hall–Kier alpha value is -2.34. The largest absolute Gasteiger partial charge is 0.480 e. The number of carboxylic acids is 1. The van der Waals surface area contributed by atoms with E-state index in [1.54, 1.807) is 18.7 Å². The highest BCUT2D eigenvalue weighted by atomic mass is 32.2. The second-order valence-electron chi connectivity index (χ2n) is 6.61. The molecule has 0 saturated heterocycles. The maximum Gasteiger partial charge on any atom is 0.326 e. The SMILES string of the molecule is CCC(C)C(NC(=O)C(N)CCSC)C(=O)NCC(=O)NC(CC(N)=O)C(=O)O. The number of nitrogens with one attached hydrogen (secondary N) is 3. The molecule has 0 saturated carbocycles. The van der Waals surface area contributed by atoms with Gasteiger partial charge in [-0.3, -0.25) is 19.2 Å². The molecular formula is C17H31N5O6S. The molecule has 4 unspecified atom stereocenters. The Balaban J connectivity index is 4.85. The maximum atomic E-state index is 12.5. The third-order valence-corrected chi connectivity index (χ3v) is 4.87. The average Bonchev–Trinajstić information content (AvgIpc) is 2.66. The molecule has 0 aliphatic heterocycles. The first-order valence-electron chi connectivity index (χ1n) is 9.16. The Morgan fingerprint density at radius 2 is 1.72 bits per heavy atom. The van der Waals surface area contributed by atoms with Gasteiger partial charge in [-0.1, -0.05) is 20.3 Å². The van der Waals surface area contributed by atoms with Crippen LogP contribution in [0.3, 0.4) is 0 Å². The molecule has 12 heteroatoms. The zero-order valence-corrected chi connectivity index (χ0v) is 17.7. The highest BCUT2D eigenvalue weighted by Gasteiger charge is 2.28. The normalized spacial score (nSPS) is 14.8. The molecule has 0 aromatic heterocycles. The summed E-state index contributed by atoms with van der Waals surface area (Å²) in [5, 5.41) is 16.1. The van der Waals surface area contributed by atoms with E-state index in [1.807, 2.05) is 13.2 Å². The molecule has 29 heavy (non-hydrogen) atoms. The lowest BCUT2D eigenvalue weighted by Crippen LogP contribution is -2.55. The molecular weight excluding hydrogens is 402 g/mol. The molecule has 4 atom stereocenters. The van der Waals surface area contributed by atoms with Crippen molar-refractivity contribution in [3.63, 3.8) is 0 Å². The second-order valence-corrected chi connectivity index (χ2v) is 7.59. The number of hydrogen-bond donors (Lipinski definition) is 6. The number of carbonyl (C=O) groups is 5. The topological polar surface area (TPSA) is 194 Å². The number of carboxylic acid groups (broad SMARTS) is 1. The third-order valence-electron chi connectivity index (χ3n) is 4.22. The highest BCUT2D eigenvalue weighted by molar-refractivity contribution is 7.98. The Kier molecular flexibility index (Phi) is 12.7. The molecule has 0 radical (unpaired) electrons. The van der Waals surface area contributed by atoms with Crippen LogP contribution in [0.1, 0.15) is 33.1 Å². The van der Waals surface area contributed by atoms with Crippen LogP contribution in [0, 0.1) is 5.92 Å². The van der Waals surface area contributed by atoms with E-state index in [1.165, 1.54) is 0 Å². The summed E-state index contributed by atoms with van der Waals surface area (Å²) in [7, 11) is 0. The first-order valence-corrected chi connectivity index (χ1v) is 10.6. The fourth-order valence-corrected chi connectivity index (χ4v) is 2.75. The monoisotopic (exact) mass is 433 g/mol. The van der Waals surface area contributed by atoms with Crippen LogP contribution in [0.5, 0.6) is 0 Å².